The van der Waals surface area contributed by atoms with Crippen LogP contribution >= 0.6 is 11.6 Å². The fourth-order valence-electron chi connectivity index (χ4n) is 2.39. The highest BCUT2D eigenvalue weighted by atomic mass is 35.5. The van der Waals surface area contributed by atoms with Crippen molar-refractivity contribution in [2.24, 2.45) is 0 Å². The Morgan fingerprint density at radius 1 is 1.12 bits per heavy atom. The number of rotatable bonds is 2. The molecule has 0 aliphatic heterocycles. The summed E-state index contributed by atoms with van der Waals surface area (Å²) in [4.78, 5) is 3.98. The Balaban J connectivity index is 1.74. The van der Waals surface area contributed by atoms with Crippen LogP contribution in [0, 0.1) is 0 Å². The Kier molecular flexibility index (Phi) is 2.73. The number of fused-ring (bicyclic) bond motifs is 1. The number of nitrogens with zero attached hydrogens (tertiary/aromatic N) is 1. The smallest absolute Gasteiger partial charge is 0.131 e. The number of nitrogens with one attached hydrogen (secondary N) is 1. The highest BCUT2D eigenvalue weighted by molar-refractivity contribution is 6.29. The van der Waals surface area contributed by atoms with E-state index in [-0.39, 0.29) is 0 Å². The van der Waals surface area contributed by atoms with E-state index in [0.29, 0.717) is 11.2 Å². The fourth-order valence-corrected chi connectivity index (χ4v) is 2.56. The maximum absolute atomic E-state index is 5.87. The van der Waals surface area contributed by atoms with Gasteiger partial charge in [0, 0.05) is 17.9 Å². The molecule has 0 bridgehead atoms. The van der Waals surface area contributed by atoms with Crippen LogP contribution in [-0.4, -0.2) is 11.0 Å². The lowest BCUT2D eigenvalue weighted by Gasteiger charge is -2.13. The van der Waals surface area contributed by atoms with Gasteiger partial charge in [-0.3, -0.25) is 0 Å². The molecule has 1 aromatic carbocycles. The lowest BCUT2D eigenvalue weighted by molar-refractivity contribution is 0.774. The van der Waals surface area contributed by atoms with E-state index in [2.05, 4.69) is 34.6 Å². The number of hydrogen-bond acceptors (Lipinski definition) is 2. The molecule has 1 aliphatic carbocycles. The minimum Gasteiger partial charge on any atom is -0.382 e. The topological polar surface area (TPSA) is 24.9 Å². The largest absolute Gasteiger partial charge is 0.382 e. The van der Waals surface area contributed by atoms with Gasteiger partial charge in [-0.2, -0.15) is 0 Å². The van der Waals surface area contributed by atoms with E-state index in [1.54, 1.807) is 6.20 Å². The van der Waals surface area contributed by atoms with Crippen LogP contribution in [0.15, 0.2) is 42.6 Å². The standard InChI is InChI=1S/C14H13ClN2/c15-14-9-12(5-6-16-14)17-13-7-10-3-1-2-4-11(10)8-13/h1-6,9,13H,7-8H2,(H,16,17). The fraction of sp³-hybridized carbons (Fsp3) is 0.214. The zero-order chi connectivity index (χ0) is 11.7. The molecule has 1 aliphatic rings. The zero-order valence-electron chi connectivity index (χ0n) is 9.36. The number of anilines is 1. The van der Waals surface area contributed by atoms with Crippen molar-refractivity contribution in [3.8, 4) is 0 Å². The molecule has 0 spiro atoms. The van der Waals surface area contributed by atoms with Gasteiger partial charge in [-0.05, 0) is 36.1 Å². The van der Waals surface area contributed by atoms with Crippen molar-refractivity contribution in [3.63, 3.8) is 0 Å². The van der Waals surface area contributed by atoms with Crippen molar-refractivity contribution in [2.45, 2.75) is 18.9 Å². The zero-order valence-corrected chi connectivity index (χ0v) is 10.1. The normalized spacial score (nSPS) is 14.6. The summed E-state index contributed by atoms with van der Waals surface area (Å²) in [5.74, 6) is 0. The van der Waals surface area contributed by atoms with Gasteiger partial charge in [0.25, 0.3) is 0 Å². The van der Waals surface area contributed by atoms with E-state index >= 15 is 0 Å². The Morgan fingerprint density at radius 2 is 1.82 bits per heavy atom. The molecule has 3 heteroatoms. The van der Waals surface area contributed by atoms with Crippen molar-refractivity contribution >= 4 is 17.3 Å². The van der Waals surface area contributed by atoms with E-state index in [0.717, 1.165) is 18.5 Å². The van der Waals surface area contributed by atoms with Crippen molar-refractivity contribution in [3.05, 3.63) is 58.9 Å². The molecule has 2 nitrogen and oxygen atoms in total. The molecule has 2 aromatic rings. The van der Waals surface area contributed by atoms with Crippen LogP contribution in [0.3, 0.4) is 0 Å². The van der Waals surface area contributed by atoms with Gasteiger partial charge in [0.05, 0.1) is 0 Å². The maximum Gasteiger partial charge on any atom is 0.131 e. The first-order valence-corrected chi connectivity index (χ1v) is 6.14. The van der Waals surface area contributed by atoms with Crippen LogP contribution in [-0.2, 0) is 12.8 Å². The van der Waals surface area contributed by atoms with Gasteiger partial charge in [0.1, 0.15) is 5.15 Å². The molecule has 0 saturated heterocycles. The molecular formula is C14H13ClN2. The molecule has 1 aromatic heterocycles. The van der Waals surface area contributed by atoms with Crippen molar-refractivity contribution in [1.29, 1.82) is 0 Å². The minimum atomic E-state index is 0.464. The lowest BCUT2D eigenvalue weighted by Crippen LogP contribution is -2.19. The van der Waals surface area contributed by atoms with E-state index in [1.165, 1.54) is 11.1 Å². The molecule has 0 atom stereocenters. The molecule has 86 valence electrons. The third-order valence-corrected chi connectivity index (χ3v) is 3.36. The lowest BCUT2D eigenvalue weighted by atomic mass is 10.1. The summed E-state index contributed by atoms with van der Waals surface area (Å²) in [6.45, 7) is 0. The quantitative estimate of drug-likeness (QED) is 0.820. The molecule has 0 radical (unpaired) electrons. The third kappa shape index (κ3) is 2.27. The molecule has 0 unspecified atom stereocenters. The molecule has 0 fully saturated rings. The van der Waals surface area contributed by atoms with E-state index in [1.807, 2.05) is 12.1 Å². The second kappa shape index (κ2) is 4.38. The van der Waals surface area contributed by atoms with Crippen LogP contribution in [0.4, 0.5) is 5.69 Å². The van der Waals surface area contributed by atoms with Crippen LogP contribution in [0.5, 0.6) is 0 Å². The summed E-state index contributed by atoms with van der Waals surface area (Å²) in [5.41, 5.74) is 3.94. The van der Waals surface area contributed by atoms with Gasteiger partial charge >= 0.3 is 0 Å². The van der Waals surface area contributed by atoms with Gasteiger partial charge in [0.15, 0.2) is 0 Å². The van der Waals surface area contributed by atoms with Gasteiger partial charge < -0.3 is 5.32 Å². The number of benzene rings is 1. The Labute approximate surface area is 106 Å². The molecule has 1 N–H and O–H groups in total. The van der Waals surface area contributed by atoms with E-state index in [4.69, 9.17) is 11.6 Å². The predicted molar refractivity (Wildman–Crippen MR) is 70.5 cm³/mol. The second-order valence-corrected chi connectivity index (χ2v) is 4.77. The monoisotopic (exact) mass is 244 g/mol. The molecule has 0 saturated carbocycles. The van der Waals surface area contributed by atoms with Crippen molar-refractivity contribution in [1.82, 2.24) is 4.98 Å². The summed E-state index contributed by atoms with van der Waals surface area (Å²) in [5, 5.41) is 4.04. The highest BCUT2D eigenvalue weighted by Gasteiger charge is 2.20. The average Bonchev–Trinajstić information content (AvgIpc) is 2.71. The van der Waals surface area contributed by atoms with Crippen LogP contribution in [0.1, 0.15) is 11.1 Å². The first-order chi connectivity index (χ1) is 8.31. The number of aromatic nitrogens is 1. The number of halogens is 1. The van der Waals surface area contributed by atoms with E-state index in [9.17, 15) is 0 Å². The van der Waals surface area contributed by atoms with Crippen molar-refractivity contribution in [2.75, 3.05) is 5.32 Å². The molecule has 17 heavy (non-hydrogen) atoms. The summed E-state index contributed by atoms with van der Waals surface area (Å²) in [7, 11) is 0. The van der Waals surface area contributed by atoms with E-state index < -0.39 is 0 Å². The highest BCUT2D eigenvalue weighted by Crippen LogP contribution is 2.24. The molecule has 1 heterocycles. The van der Waals surface area contributed by atoms with Crippen LogP contribution in [0.2, 0.25) is 5.15 Å². The van der Waals surface area contributed by atoms with Crippen molar-refractivity contribution < 1.29 is 0 Å². The number of hydrogen-bond donors (Lipinski definition) is 1. The SMILES string of the molecule is Clc1cc(NC2Cc3ccccc3C2)ccn1. The van der Waals surface area contributed by atoms with Gasteiger partial charge in [-0.25, -0.2) is 4.98 Å². The molecular weight excluding hydrogens is 232 g/mol. The maximum atomic E-state index is 5.87. The third-order valence-electron chi connectivity index (χ3n) is 3.15. The first kappa shape index (κ1) is 10.6. The summed E-state index contributed by atoms with van der Waals surface area (Å²) < 4.78 is 0. The molecule has 0 amide bonds. The van der Waals surface area contributed by atoms with Crippen LogP contribution < -0.4 is 5.32 Å². The number of pyridine rings is 1. The van der Waals surface area contributed by atoms with Gasteiger partial charge in [0.2, 0.25) is 0 Å². The minimum absolute atomic E-state index is 0.464. The predicted octanol–water partition coefficient (Wildman–Crippen LogP) is 3.31. The first-order valence-electron chi connectivity index (χ1n) is 5.76. The van der Waals surface area contributed by atoms with Crippen LogP contribution in [0.25, 0.3) is 0 Å². The summed E-state index contributed by atoms with van der Waals surface area (Å²) in [6.07, 6.45) is 3.89. The Bertz CT molecular complexity index is 514. The Hall–Kier alpha value is -1.54. The summed E-state index contributed by atoms with van der Waals surface area (Å²) >= 11 is 5.87. The summed E-state index contributed by atoms with van der Waals surface area (Å²) in [6, 6.07) is 12.9. The Morgan fingerprint density at radius 3 is 2.47 bits per heavy atom. The average molecular weight is 245 g/mol. The second-order valence-electron chi connectivity index (χ2n) is 4.39. The van der Waals surface area contributed by atoms with Gasteiger partial charge in [-0.1, -0.05) is 35.9 Å². The van der Waals surface area contributed by atoms with Gasteiger partial charge in [-0.15, -0.1) is 0 Å². The molecule has 3 rings (SSSR count).